The van der Waals surface area contributed by atoms with Gasteiger partial charge in [-0.2, -0.15) is 0 Å². The van der Waals surface area contributed by atoms with Crippen LogP contribution in [0.4, 0.5) is 0 Å². The number of nitrogens with one attached hydrogen (secondary N) is 2. The smallest absolute Gasteiger partial charge is 0.338 e. The van der Waals surface area contributed by atoms with Crippen molar-refractivity contribution in [1.82, 2.24) is 10.6 Å². The average Bonchev–Trinajstić information content (AvgIpc) is 2.45. The second-order valence-electron chi connectivity index (χ2n) is 5.46. The largest absolute Gasteiger partial charge is 0.504 e. The van der Waals surface area contributed by atoms with Crippen molar-refractivity contribution in [2.24, 2.45) is 0 Å². The molecule has 23 heavy (non-hydrogen) atoms. The van der Waals surface area contributed by atoms with Crippen LogP contribution in [0.3, 0.4) is 0 Å². The normalized spacial score (nSPS) is 17.6. The van der Waals surface area contributed by atoms with Gasteiger partial charge in [0.05, 0.1) is 24.8 Å². The van der Waals surface area contributed by atoms with E-state index in [1.807, 2.05) is 0 Å². The van der Waals surface area contributed by atoms with Crippen molar-refractivity contribution in [2.75, 3.05) is 7.11 Å². The highest BCUT2D eigenvalue weighted by Crippen LogP contribution is 2.33. The molecule has 1 heterocycles. The quantitative estimate of drug-likeness (QED) is 0.574. The molecule has 3 N–H and O–H groups in total. The molecule has 1 aliphatic rings. The van der Waals surface area contributed by atoms with E-state index in [9.17, 15) is 9.90 Å². The lowest BCUT2D eigenvalue weighted by Crippen LogP contribution is -2.45. The molecule has 1 aliphatic heterocycles. The fourth-order valence-electron chi connectivity index (χ4n) is 2.37. The van der Waals surface area contributed by atoms with Crippen LogP contribution in [0, 0.1) is 0 Å². The van der Waals surface area contributed by atoms with Gasteiger partial charge < -0.3 is 25.2 Å². The number of esters is 1. The molecular weight excluding hydrogens is 316 g/mol. The van der Waals surface area contributed by atoms with Gasteiger partial charge in [-0.05, 0) is 50.7 Å². The molecule has 0 bridgehead atoms. The first-order valence-corrected chi connectivity index (χ1v) is 7.60. The second-order valence-corrected chi connectivity index (χ2v) is 5.86. The van der Waals surface area contributed by atoms with Crippen molar-refractivity contribution in [3.8, 4) is 11.5 Å². The van der Waals surface area contributed by atoms with Gasteiger partial charge in [-0.3, -0.25) is 0 Å². The molecule has 0 spiro atoms. The Bertz CT molecular complexity index is 670. The zero-order chi connectivity index (χ0) is 17.1. The van der Waals surface area contributed by atoms with Gasteiger partial charge in [0.15, 0.2) is 16.6 Å². The Morgan fingerprint density at radius 1 is 1.39 bits per heavy atom. The number of benzene rings is 1. The van der Waals surface area contributed by atoms with E-state index in [2.05, 4.69) is 10.6 Å². The second kappa shape index (κ2) is 6.87. The molecule has 0 radical (unpaired) electrons. The Morgan fingerprint density at radius 3 is 2.70 bits per heavy atom. The number of hydrogen-bond acceptors (Lipinski definition) is 5. The number of phenolic OH excluding ortho intramolecular Hbond substituents is 1. The maximum absolute atomic E-state index is 12.4. The van der Waals surface area contributed by atoms with Gasteiger partial charge in [-0.15, -0.1) is 0 Å². The van der Waals surface area contributed by atoms with Crippen molar-refractivity contribution in [3.05, 3.63) is 35.0 Å². The minimum Gasteiger partial charge on any atom is -0.504 e. The lowest BCUT2D eigenvalue weighted by atomic mass is 9.95. The molecule has 1 aromatic carbocycles. The highest BCUT2D eigenvalue weighted by atomic mass is 32.1. The number of aromatic hydroxyl groups is 1. The predicted octanol–water partition coefficient (Wildman–Crippen LogP) is 2.15. The molecule has 6 nitrogen and oxygen atoms in total. The zero-order valence-electron chi connectivity index (χ0n) is 13.5. The first kappa shape index (κ1) is 17.1. The summed E-state index contributed by atoms with van der Waals surface area (Å²) < 4.78 is 10.5. The fraction of sp³-hybridized carbons (Fsp3) is 0.375. The van der Waals surface area contributed by atoms with Gasteiger partial charge in [0.2, 0.25) is 0 Å². The predicted molar refractivity (Wildman–Crippen MR) is 90.2 cm³/mol. The number of carbonyl (C=O) groups excluding carboxylic acids is 1. The Balaban J connectivity index is 2.46. The number of thiocarbonyl (C=S) groups is 1. The molecular formula is C16H20N2O4S. The molecule has 0 saturated carbocycles. The van der Waals surface area contributed by atoms with Crippen molar-refractivity contribution in [3.63, 3.8) is 0 Å². The summed E-state index contributed by atoms with van der Waals surface area (Å²) in [4.78, 5) is 12.4. The Morgan fingerprint density at radius 2 is 2.09 bits per heavy atom. The van der Waals surface area contributed by atoms with Crippen molar-refractivity contribution in [2.45, 2.75) is 32.9 Å². The van der Waals surface area contributed by atoms with Gasteiger partial charge in [-0.25, -0.2) is 4.79 Å². The van der Waals surface area contributed by atoms with Crippen LogP contribution in [0.1, 0.15) is 32.4 Å². The van der Waals surface area contributed by atoms with Crippen LogP contribution in [0.2, 0.25) is 0 Å². The van der Waals surface area contributed by atoms with Crippen LogP contribution in [0.5, 0.6) is 11.5 Å². The summed E-state index contributed by atoms with van der Waals surface area (Å²) >= 11 is 5.19. The lowest BCUT2D eigenvalue weighted by Gasteiger charge is -2.30. The summed E-state index contributed by atoms with van der Waals surface area (Å²) in [7, 11) is 1.47. The third-order valence-electron chi connectivity index (χ3n) is 3.37. The maximum atomic E-state index is 12.4. The number of phenols is 1. The summed E-state index contributed by atoms with van der Waals surface area (Å²) in [6.45, 7) is 5.36. The zero-order valence-corrected chi connectivity index (χ0v) is 14.3. The van der Waals surface area contributed by atoms with Gasteiger partial charge in [0.25, 0.3) is 0 Å². The van der Waals surface area contributed by atoms with E-state index in [0.717, 1.165) is 5.56 Å². The van der Waals surface area contributed by atoms with E-state index in [-0.39, 0.29) is 11.9 Å². The first-order valence-electron chi connectivity index (χ1n) is 7.19. The summed E-state index contributed by atoms with van der Waals surface area (Å²) in [5, 5.41) is 16.2. The molecule has 0 aromatic heterocycles. The van der Waals surface area contributed by atoms with Crippen LogP contribution in [0.15, 0.2) is 29.5 Å². The molecule has 7 heteroatoms. The number of allylic oxidation sites excluding steroid dienone is 1. The lowest BCUT2D eigenvalue weighted by molar-refractivity contribution is -0.143. The molecule has 1 atom stereocenters. The van der Waals surface area contributed by atoms with E-state index >= 15 is 0 Å². The summed E-state index contributed by atoms with van der Waals surface area (Å²) in [6.07, 6.45) is -0.230. The van der Waals surface area contributed by atoms with Crippen LogP contribution in [0.25, 0.3) is 0 Å². The SMILES string of the molecule is COc1cc([C@H]2NC(=S)NC(C)=C2C(=O)OC(C)C)ccc1O. The van der Waals surface area contributed by atoms with Crippen LogP contribution < -0.4 is 15.4 Å². The van der Waals surface area contributed by atoms with Crippen molar-refractivity contribution >= 4 is 23.3 Å². The Hall–Kier alpha value is -2.28. The van der Waals surface area contributed by atoms with Crippen LogP contribution >= 0.6 is 12.2 Å². The molecule has 0 amide bonds. The third kappa shape index (κ3) is 3.73. The number of hydrogen-bond donors (Lipinski definition) is 3. The Labute approximate surface area is 140 Å². The summed E-state index contributed by atoms with van der Waals surface area (Å²) in [5.41, 5.74) is 1.81. The van der Waals surface area contributed by atoms with E-state index < -0.39 is 12.0 Å². The van der Waals surface area contributed by atoms with Gasteiger partial charge >= 0.3 is 5.97 Å². The minimum atomic E-state index is -0.482. The summed E-state index contributed by atoms with van der Waals surface area (Å²) in [5.74, 6) is -0.0696. The van der Waals surface area contributed by atoms with Crippen LogP contribution in [-0.4, -0.2) is 29.4 Å². The van der Waals surface area contributed by atoms with Crippen molar-refractivity contribution in [1.29, 1.82) is 0 Å². The highest BCUT2D eigenvalue weighted by Gasteiger charge is 2.31. The monoisotopic (exact) mass is 336 g/mol. The molecule has 0 fully saturated rings. The van der Waals surface area contributed by atoms with Gasteiger partial charge in [-0.1, -0.05) is 6.07 Å². The van der Waals surface area contributed by atoms with Gasteiger partial charge in [0, 0.05) is 5.70 Å². The first-order chi connectivity index (χ1) is 10.8. The topological polar surface area (TPSA) is 79.8 Å². The number of ether oxygens (including phenoxy) is 2. The number of methoxy groups -OCH3 is 1. The highest BCUT2D eigenvalue weighted by molar-refractivity contribution is 7.80. The summed E-state index contributed by atoms with van der Waals surface area (Å²) in [6, 6.07) is 4.40. The maximum Gasteiger partial charge on any atom is 0.338 e. The van der Waals surface area contributed by atoms with E-state index in [0.29, 0.717) is 22.1 Å². The van der Waals surface area contributed by atoms with E-state index in [4.69, 9.17) is 21.7 Å². The van der Waals surface area contributed by atoms with Crippen molar-refractivity contribution < 1.29 is 19.4 Å². The Kier molecular flexibility index (Phi) is 5.10. The fourth-order valence-corrected chi connectivity index (χ4v) is 2.64. The van der Waals surface area contributed by atoms with E-state index in [1.54, 1.807) is 32.9 Å². The minimum absolute atomic E-state index is 0.0276. The van der Waals surface area contributed by atoms with E-state index in [1.165, 1.54) is 13.2 Å². The molecule has 0 saturated heterocycles. The number of rotatable bonds is 4. The van der Waals surface area contributed by atoms with Gasteiger partial charge in [0.1, 0.15) is 0 Å². The molecule has 124 valence electrons. The number of carbonyl (C=O) groups is 1. The third-order valence-corrected chi connectivity index (χ3v) is 3.59. The molecule has 0 aliphatic carbocycles. The average molecular weight is 336 g/mol. The molecule has 1 aromatic rings. The standard InChI is InChI=1S/C16H20N2O4S/c1-8(2)22-15(20)13-9(3)17-16(23)18-14(13)10-5-6-11(19)12(7-10)21-4/h5-8,14,19H,1-4H3,(H2,17,18,23)/t14-/m1/s1. The van der Waals surface area contributed by atoms with Crippen LogP contribution in [-0.2, 0) is 9.53 Å². The molecule has 0 unspecified atom stereocenters. The molecule has 2 rings (SSSR count).